The van der Waals surface area contributed by atoms with E-state index in [9.17, 15) is 4.79 Å². The van der Waals surface area contributed by atoms with E-state index < -0.39 is 0 Å². The fraction of sp³-hybridized carbons (Fsp3) is 0.412. The van der Waals surface area contributed by atoms with Crippen molar-refractivity contribution in [1.82, 2.24) is 10.3 Å². The molecule has 0 radical (unpaired) electrons. The minimum Gasteiger partial charge on any atom is -0.396 e. The summed E-state index contributed by atoms with van der Waals surface area (Å²) >= 11 is 0. The minimum atomic E-state index is -0.101. The molecule has 0 aliphatic heterocycles. The number of aliphatic hydroxyl groups is 1. The largest absolute Gasteiger partial charge is 0.396 e. The van der Waals surface area contributed by atoms with Crippen LogP contribution in [0.2, 0.25) is 0 Å². The van der Waals surface area contributed by atoms with Gasteiger partial charge in [0, 0.05) is 24.7 Å². The van der Waals surface area contributed by atoms with Crippen LogP contribution in [0.25, 0.3) is 10.9 Å². The molecule has 1 heterocycles. The van der Waals surface area contributed by atoms with Crippen molar-refractivity contribution in [2.24, 2.45) is 5.41 Å². The number of para-hydroxylation sites is 1. The second-order valence-electron chi connectivity index (χ2n) is 6.05. The number of carbonyl (C=O) groups excluding carboxylic acids is 1. The Morgan fingerprint density at radius 2 is 2.05 bits per heavy atom. The van der Waals surface area contributed by atoms with Crippen molar-refractivity contribution >= 4 is 16.8 Å². The third kappa shape index (κ3) is 4.02. The molecular weight excluding hydrogens is 264 g/mol. The summed E-state index contributed by atoms with van der Waals surface area (Å²) < 4.78 is 0. The van der Waals surface area contributed by atoms with Gasteiger partial charge in [0.15, 0.2) is 0 Å². The summed E-state index contributed by atoms with van der Waals surface area (Å²) in [6.45, 7) is 4.94. The van der Waals surface area contributed by atoms with Crippen molar-refractivity contribution in [3.63, 3.8) is 0 Å². The van der Waals surface area contributed by atoms with Gasteiger partial charge in [-0.25, -0.2) is 0 Å². The predicted octanol–water partition coefficient (Wildman–Crippen LogP) is 2.76. The number of nitrogens with one attached hydrogen (secondary N) is 1. The Labute approximate surface area is 125 Å². The first-order valence-corrected chi connectivity index (χ1v) is 7.26. The maximum Gasteiger partial charge on any atom is 0.253 e. The van der Waals surface area contributed by atoms with Crippen molar-refractivity contribution in [3.05, 3.63) is 42.1 Å². The highest BCUT2D eigenvalue weighted by Crippen LogP contribution is 2.21. The first-order valence-electron chi connectivity index (χ1n) is 7.26. The van der Waals surface area contributed by atoms with Crippen molar-refractivity contribution in [3.8, 4) is 0 Å². The summed E-state index contributed by atoms with van der Waals surface area (Å²) in [5.41, 5.74) is 1.30. The van der Waals surface area contributed by atoms with Gasteiger partial charge in [-0.2, -0.15) is 0 Å². The monoisotopic (exact) mass is 286 g/mol. The summed E-state index contributed by atoms with van der Waals surface area (Å²) in [7, 11) is 0. The molecular formula is C17H22N2O2. The normalized spacial score (nSPS) is 11.6. The van der Waals surface area contributed by atoms with Gasteiger partial charge in [0.25, 0.3) is 5.91 Å². The van der Waals surface area contributed by atoms with E-state index in [0.29, 0.717) is 12.1 Å². The molecule has 1 amide bonds. The van der Waals surface area contributed by atoms with Crippen LogP contribution < -0.4 is 5.32 Å². The van der Waals surface area contributed by atoms with Crippen LogP contribution in [-0.4, -0.2) is 29.1 Å². The summed E-state index contributed by atoms with van der Waals surface area (Å²) in [5, 5.41) is 12.9. The summed E-state index contributed by atoms with van der Waals surface area (Å²) in [6, 6.07) is 9.43. The second-order valence-corrected chi connectivity index (χ2v) is 6.05. The Kier molecular flexibility index (Phi) is 4.91. The zero-order valence-electron chi connectivity index (χ0n) is 12.6. The van der Waals surface area contributed by atoms with Crippen LogP contribution in [0.4, 0.5) is 0 Å². The van der Waals surface area contributed by atoms with Crippen molar-refractivity contribution in [2.45, 2.75) is 26.7 Å². The number of carbonyl (C=O) groups is 1. The number of aromatic nitrogens is 1. The highest BCUT2D eigenvalue weighted by atomic mass is 16.2. The average Bonchev–Trinajstić information content (AvgIpc) is 2.50. The number of fused-ring (bicyclic) bond motifs is 1. The van der Waals surface area contributed by atoms with E-state index in [1.807, 2.05) is 24.3 Å². The molecule has 0 unspecified atom stereocenters. The third-order valence-electron chi connectivity index (χ3n) is 3.62. The Bertz CT molecular complexity index is 618. The average molecular weight is 286 g/mol. The molecule has 2 aromatic rings. The lowest BCUT2D eigenvalue weighted by Gasteiger charge is -2.24. The van der Waals surface area contributed by atoms with Gasteiger partial charge in [-0.15, -0.1) is 0 Å². The molecule has 0 saturated carbocycles. The van der Waals surface area contributed by atoms with Crippen molar-refractivity contribution < 1.29 is 9.90 Å². The highest BCUT2D eigenvalue weighted by Gasteiger charge is 2.19. The number of pyridine rings is 1. The van der Waals surface area contributed by atoms with Gasteiger partial charge in [0.2, 0.25) is 0 Å². The molecule has 0 saturated heterocycles. The van der Waals surface area contributed by atoms with E-state index in [4.69, 9.17) is 5.11 Å². The number of hydrogen-bond acceptors (Lipinski definition) is 3. The van der Waals surface area contributed by atoms with E-state index in [-0.39, 0.29) is 17.9 Å². The Morgan fingerprint density at radius 1 is 1.29 bits per heavy atom. The second kappa shape index (κ2) is 6.68. The number of amides is 1. The van der Waals surface area contributed by atoms with Crippen LogP contribution in [0.5, 0.6) is 0 Å². The molecule has 112 valence electrons. The van der Waals surface area contributed by atoms with E-state index in [1.54, 1.807) is 12.3 Å². The van der Waals surface area contributed by atoms with E-state index >= 15 is 0 Å². The van der Waals surface area contributed by atoms with Crippen LogP contribution >= 0.6 is 0 Å². The number of nitrogens with zero attached hydrogens (tertiary/aromatic N) is 1. The van der Waals surface area contributed by atoms with Gasteiger partial charge in [-0.3, -0.25) is 9.78 Å². The molecule has 0 fully saturated rings. The molecule has 1 aromatic heterocycles. The first-order chi connectivity index (χ1) is 10.0. The van der Waals surface area contributed by atoms with Crippen LogP contribution in [0.1, 0.15) is 37.0 Å². The lowest BCUT2D eigenvalue weighted by molar-refractivity contribution is 0.0934. The molecule has 0 atom stereocenters. The van der Waals surface area contributed by atoms with Crippen LogP contribution in [0.15, 0.2) is 36.5 Å². The number of rotatable bonds is 6. The Hall–Kier alpha value is -1.94. The molecule has 0 aliphatic carbocycles. The van der Waals surface area contributed by atoms with Crippen LogP contribution in [-0.2, 0) is 0 Å². The van der Waals surface area contributed by atoms with Gasteiger partial charge in [-0.05, 0) is 30.4 Å². The number of benzene rings is 1. The van der Waals surface area contributed by atoms with Crippen LogP contribution in [0, 0.1) is 5.41 Å². The summed E-state index contributed by atoms with van der Waals surface area (Å²) in [4.78, 5) is 16.7. The molecule has 21 heavy (non-hydrogen) atoms. The maximum absolute atomic E-state index is 12.4. The predicted molar refractivity (Wildman–Crippen MR) is 84.2 cm³/mol. The number of hydrogen-bond donors (Lipinski definition) is 2. The molecule has 2 N–H and O–H groups in total. The zero-order valence-corrected chi connectivity index (χ0v) is 12.6. The minimum absolute atomic E-state index is 0.0313. The summed E-state index contributed by atoms with van der Waals surface area (Å²) in [6.07, 6.45) is 3.32. The SMILES string of the molecule is CC(C)(CCCO)CNC(=O)c1cccc2cccnc12. The molecule has 4 nitrogen and oxygen atoms in total. The maximum atomic E-state index is 12.4. The molecule has 0 bridgehead atoms. The fourth-order valence-electron chi connectivity index (χ4n) is 2.35. The number of aliphatic hydroxyl groups excluding tert-OH is 1. The molecule has 0 aliphatic rings. The van der Waals surface area contributed by atoms with E-state index in [2.05, 4.69) is 24.1 Å². The summed E-state index contributed by atoms with van der Waals surface area (Å²) in [5.74, 6) is -0.101. The molecule has 1 aromatic carbocycles. The van der Waals surface area contributed by atoms with Crippen molar-refractivity contribution in [2.75, 3.05) is 13.2 Å². The molecule has 0 spiro atoms. The zero-order chi connectivity index (χ0) is 15.3. The Morgan fingerprint density at radius 3 is 2.81 bits per heavy atom. The van der Waals surface area contributed by atoms with Crippen molar-refractivity contribution in [1.29, 1.82) is 0 Å². The first kappa shape index (κ1) is 15.4. The molecule has 4 heteroatoms. The van der Waals surface area contributed by atoms with Crippen LogP contribution in [0.3, 0.4) is 0 Å². The standard InChI is InChI=1S/C17H22N2O2/c1-17(2,9-5-11-20)12-19-16(21)14-8-3-6-13-7-4-10-18-15(13)14/h3-4,6-8,10,20H,5,9,11-12H2,1-2H3,(H,19,21). The Balaban J connectivity index is 2.09. The topological polar surface area (TPSA) is 62.2 Å². The van der Waals surface area contributed by atoms with Gasteiger partial charge in [0.05, 0.1) is 11.1 Å². The van der Waals surface area contributed by atoms with E-state index in [0.717, 1.165) is 23.7 Å². The lowest BCUT2D eigenvalue weighted by Crippen LogP contribution is -2.34. The smallest absolute Gasteiger partial charge is 0.253 e. The van der Waals surface area contributed by atoms with Gasteiger partial charge < -0.3 is 10.4 Å². The fourth-order valence-corrected chi connectivity index (χ4v) is 2.35. The molecule has 2 rings (SSSR count). The lowest BCUT2D eigenvalue weighted by atomic mass is 9.88. The van der Waals surface area contributed by atoms with Gasteiger partial charge in [-0.1, -0.05) is 32.0 Å². The highest BCUT2D eigenvalue weighted by molar-refractivity contribution is 6.05. The van der Waals surface area contributed by atoms with Gasteiger partial charge >= 0.3 is 0 Å². The third-order valence-corrected chi connectivity index (χ3v) is 3.62. The van der Waals surface area contributed by atoms with Gasteiger partial charge in [0.1, 0.15) is 0 Å². The van der Waals surface area contributed by atoms with E-state index in [1.165, 1.54) is 0 Å². The quantitative estimate of drug-likeness (QED) is 0.858.